The number of amides is 1. The van der Waals surface area contributed by atoms with Gasteiger partial charge in [0.15, 0.2) is 0 Å². The van der Waals surface area contributed by atoms with E-state index >= 15 is 0 Å². The van der Waals surface area contributed by atoms with Crippen LogP contribution in [0, 0.1) is 20.8 Å². The number of anilines is 1. The molecule has 0 radical (unpaired) electrons. The molecule has 2 aromatic heterocycles. The molecular weight excluding hydrogens is 466 g/mol. The van der Waals surface area contributed by atoms with Crippen molar-refractivity contribution in [2.75, 3.05) is 18.5 Å². The summed E-state index contributed by atoms with van der Waals surface area (Å²) in [5.41, 5.74) is 2.83. The number of aryl methyl sites for hydroxylation is 2. The van der Waals surface area contributed by atoms with Crippen LogP contribution in [0.4, 0.5) is 5.69 Å². The van der Waals surface area contributed by atoms with Crippen LogP contribution in [0.3, 0.4) is 0 Å². The first kappa shape index (κ1) is 24.2. The number of aromatic nitrogens is 2. The van der Waals surface area contributed by atoms with Crippen molar-refractivity contribution in [3.05, 3.63) is 86.8 Å². The summed E-state index contributed by atoms with van der Waals surface area (Å²) < 4.78 is 12.1. The molecule has 180 valence electrons. The van der Waals surface area contributed by atoms with E-state index in [1.165, 1.54) is 10.9 Å². The summed E-state index contributed by atoms with van der Waals surface area (Å²) in [7, 11) is 0. The van der Waals surface area contributed by atoms with Crippen LogP contribution in [0.2, 0.25) is 0 Å². The van der Waals surface area contributed by atoms with E-state index in [2.05, 4.69) is 10.3 Å². The number of carbonyl (C=O) groups is 2. The number of nitrogens with zero attached hydrogens (tertiary/aromatic N) is 2. The molecule has 0 spiro atoms. The lowest BCUT2D eigenvalue weighted by molar-refractivity contribution is -0.116. The van der Waals surface area contributed by atoms with Crippen LogP contribution in [0.25, 0.3) is 10.2 Å². The molecule has 8 nitrogen and oxygen atoms in total. The number of rotatable bonds is 8. The first-order chi connectivity index (χ1) is 16.8. The molecule has 0 bridgehead atoms. The number of fused-ring (bicyclic) bond motifs is 1. The van der Waals surface area contributed by atoms with E-state index in [0.29, 0.717) is 32.1 Å². The molecule has 0 atom stereocenters. The second kappa shape index (κ2) is 10.5. The third-order valence-corrected chi connectivity index (χ3v) is 6.80. The van der Waals surface area contributed by atoms with Gasteiger partial charge in [-0.1, -0.05) is 30.3 Å². The highest BCUT2D eigenvalue weighted by atomic mass is 32.1. The van der Waals surface area contributed by atoms with Gasteiger partial charge in [0.1, 0.15) is 35.2 Å². The molecule has 35 heavy (non-hydrogen) atoms. The number of para-hydroxylation sites is 1. The fourth-order valence-corrected chi connectivity index (χ4v) is 4.61. The van der Waals surface area contributed by atoms with Gasteiger partial charge in [0.25, 0.3) is 5.56 Å². The number of benzene rings is 2. The first-order valence-corrected chi connectivity index (χ1v) is 11.9. The fraction of sp³-hybridized carbons (Fsp3) is 0.231. The summed E-state index contributed by atoms with van der Waals surface area (Å²) in [4.78, 5) is 43.3. The zero-order chi connectivity index (χ0) is 24.9. The van der Waals surface area contributed by atoms with Gasteiger partial charge in [-0.05, 0) is 55.7 Å². The maximum absolute atomic E-state index is 13.1. The van der Waals surface area contributed by atoms with Gasteiger partial charge in [-0.15, -0.1) is 11.3 Å². The lowest BCUT2D eigenvalue weighted by atomic mass is 10.1. The van der Waals surface area contributed by atoms with Crippen molar-refractivity contribution in [2.45, 2.75) is 27.3 Å². The summed E-state index contributed by atoms with van der Waals surface area (Å²) in [5.74, 6) is -0.193. The molecule has 0 aliphatic heterocycles. The highest BCUT2D eigenvalue weighted by Crippen LogP contribution is 2.27. The number of thiophene rings is 1. The SMILES string of the molecule is Cc1cccc(NC(=O)Cn2cnc3sc(C(=O)OCCOc4ccccc4)c(C)c3c2=O)c1C. The fourth-order valence-electron chi connectivity index (χ4n) is 3.57. The number of esters is 1. The molecular formula is C26H25N3O5S. The van der Waals surface area contributed by atoms with Crippen molar-refractivity contribution in [3.63, 3.8) is 0 Å². The lowest BCUT2D eigenvalue weighted by Gasteiger charge is -2.11. The Balaban J connectivity index is 1.44. The number of nitrogens with one attached hydrogen (secondary N) is 1. The Morgan fingerprint density at radius 1 is 1.00 bits per heavy atom. The molecule has 0 saturated heterocycles. The molecule has 1 N–H and O–H groups in total. The topological polar surface area (TPSA) is 99.5 Å². The minimum absolute atomic E-state index is 0.0671. The Morgan fingerprint density at radius 3 is 2.54 bits per heavy atom. The van der Waals surface area contributed by atoms with E-state index in [9.17, 15) is 14.4 Å². The number of ether oxygens (including phenoxy) is 2. The van der Waals surface area contributed by atoms with Gasteiger partial charge in [-0.3, -0.25) is 14.2 Å². The lowest BCUT2D eigenvalue weighted by Crippen LogP contribution is -2.28. The van der Waals surface area contributed by atoms with Gasteiger partial charge in [0, 0.05) is 5.69 Å². The molecule has 0 fully saturated rings. The predicted molar refractivity (Wildman–Crippen MR) is 135 cm³/mol. The van der Waals surface area contributed by atoms with E-state index in [-0.39, 0.29) is 31.2 Å². The van der Waals surface area contributed by atoms with Crippen molar-refractivity contribution >= 4 is 39.1 Å². The molecule has 2 heterocycles. The molecule has 0 aliphatic rings. The van der Waals surface area contributed by atoms with Gasteiger partial charge in [0.2, 0.25) is 5.91 Å². The minimum atomic E-state index is -0.541. The van der Waals surface area contributed by atoms with Gasteiger partial charge >= 0.3 is 5.97 Å². The predicted octanol–water partition coefficient (Wildman–Crippen LogP) is 4.26. The number of carbonyl (C=O) groups excluding carboxylic acids is 2. The van der Waals surface area contributed by atoms with Crippen molar-refractivity contribution in [3.8, 4) is 5.75 Å². The van der Waals surface area contributed by atoms with Gasteiger partial charge in [-0.2, -0.15) is 0 Å². The van der Waals surface area contributed by atoms with Crippen LogP contribution < -0.4 is 15.6 Å². The van der Waals surface area contributed by atoms with E-state index in [4.69, 9.17) is 9.47 Å². The smallest absolute Gasteiger partial charge is 0.348 e. The molecule has 4 rings (SSSR count). The Labute approximate surface area is 206 Å². The van der Waals surface area contributed by atoms with Crippen LogP contribution >= 0.6 is 11.3 Å². The van der Waals surface area contributed by atoms with Gasteiger partial charge in [-0.25, -0.2) is 9.78 Å². The van der Waals surface area contributed by atoms with Gasteiger partial charge < -0.3 is 14.8 Å². The highest BCUT2D eigenvalue weighted by Gasteiger charge is 2.21. The molecule has 2 aromatic carbocycles. The summed E-state index contributed by atoms with van der Waals surface area (Å²) in [6, 6.07) is 14.9. The molecule has 1 amide bonds. The highest BCUT2D eigenvalue weighted by molar-refractivity contribution is 7.20. The quantitative estimate of drug-likeness (QED) is 0.292. The Morgan fingerprint density at radius 2 is 1.77 bits per heavy atom. The third-order valence-electron chi connectivity index (χ3n) is 5.62. The van der Waals surface area contributed by atoms with Crippen LogP contribution in [0.5, 0.6) is 5.75 Å². The van der Waals surface area contributed by atoms with E-state index in [0.717, 1.165) is 22.5 Å². The summed E-state index contributed by atoms with van der Waals surface area (Å²) in [6.07, 6.45) is 1.33. The van der Waals surface area contributed by atoms with Crippen LogP contribution in [-0.2, 0) is 16.1 Å². The normalized spacial score (nSPS) is 10.8. The first-order valence-electron chi connectivity index (χ1n) is 11.0. The Hall–Kier alpha value is -3.98. The molecule has 0 unspecified atom stereocenters. The average molecular weight is 492 g/mol. The minimum Gasteiger partial charge on any atom is -0.490 e. The van der Waals surface area contributed by atoms with Crippen molar-refractivity contribution < 1.29 is 19.1 Å². The number of hydrogen-bond acceptors (Lipinski definition) is 7. The van der Waals surface area contributed by atoms with Crippen molar-refractivity contribution in [1.29, 1.82) is 0 Å². The monoisotopic (exact) mass is 491 g/mol. The molecule has 4 aromatic rings. The van der Waals surface area contributed by atoms with Crippen molar-refractivity contribution in [1.82, 2.24) is 9.55 Å². The summed E-state index contributed by atoms with van der Waals surface area (Å²) in [6.45, 7) is 5.65. The van der Waals surface area contributed by atoms with E-state index < -0.39 is 5.97 Å². The van der Waals surface area contributed by atoms with E-state index in [1.54, 1.807) is 6.92 Å². The van der Waals surface area contributed by atoms with Crippen LogP contribution in [0.1, 0.15) is 26.4 Å². The second-order valence-electron chi connectivity index (χ2n) is 8.01. The average Bonchev–Trinajstić information content (AvgIpc) is 3.19. The van der Waals surface area contributed by atoms with Crippen LogP contribution in [0.15, 0.2) is 59.7 Å². The summed E-state index contributed by atoms with van der Waals surface area (Å²) in [5, 5.41) is 3.15. The Kier molecular flexibility index (Phi) is 7.26. The zero-order valence-electron chi connectivity index (χ0n) is 19.7. The third kappa shape index (κ3) is 5.41. The second-order valence-corrected chi connectivity index (χ2v) is 9.01. The summed E-state index contributed by atoms with van der Waals surface area (Å²) >= 11 is 1.09. The molecule has 0 saturated carbocycles. The number of hydrogen-bond donors (Lipinski definition) is 1. The van der Waals surface area contributed by atoms with E-state index in [1.807, 2.05) is 62.4 Å². The maximum Gasteiger partial charge on any atom is 0.348 e. The zero-order valence-corrected chi connectivity index (χ0v) is 20.5. The maximum atomic E-state index is 13.1. The standard InChI is InChI=1S/C26H25N3O5S/c1-16-8-7-11-20(17(16)2)28-21(30)14-29-15-27-24-22(25(29)31)18(3)23(35-24)26(32)34-13-12-33-19-9-5-4-6-10-19/h4-11,15H,12-14H2,1-3H3,(H,28,30). The van der Waals surface area contributed by atoms with Crippen molar-refractivity contribution in [2.24, 2.45) is 0 Å². The van der Waals surface area contributed by atoms with Gasteiger partial charge in [0.05, 0.1) is 11.7 Å². The van der Waals surface area contributed by atoms with Crippen LogP contribution in [-0.4, -0.2) is 34.6 Å². The molecule has 9 heteroatoms. The largest absolute Gasteiger partial charge is 0.490 e. The molecule has 0 aliphatic carbocycles. The Bertz CT molecular complexity index is 1440.